The fourth-order valence-electron chi connectivity index (χ4n) is 0.856. The molecule has 0 aromatic heterocycles. The molecule has 2 nitrogen and oxygen atoms in total. The summed E-state index contributed by atoms with van der Waals surface area (Å²) in [5.74, 6) is 0. The third-order valence-electron chi connectivity index (χ3n) is 1.56. The third-order valence-corrected chi connectivity index (χ3v) is 1.56. The SMILES string of the molecule is CC1(C)O[C@H]1CCO. The molecule has 1 atom stereocenters. The Morgan fingerprint density at radius 1 is 1.62 bits per heavy atom. The van der Waals surface area contributed by atoms with Crippen molar-refractivity contribution in [1.29, 1.82) is 0 Å². The third kappa shape index (κ3) is 1.01. The lowest BCUT2D eigenvalue weighted by Gasteiger charge is -1.90. The Hall–Kier alpha value is -0.0800. The van der Waals surface area contributed by atoms with Gasteiger partial charge >= 0.3 is 0 Å². The van der Waals surface area contributed by atoms with Gasteiger partial charge in [-0.15, -0.1) is 0 Å². The maximum absolute atomic E-state index is 8.43. The molecule has 1 aliphatic heterocycles. The van der Waals surface area contributed by atoms with Gasteiger partial charge in [-0.25, -0.2) is 0 Å². The Morgan fingerprint density at radius 2 is 2.12 bits per heavy atom. The smallest absolute Gasteiger partial charge is 0.0893 e. The molecule has 1 saturated heterocycles. The van der Waals surface area contributed by atoms with Crippen molar-refractivity contribution in [3.05, 3.63) is 0 Å². The Morgan fingerprint density at radius 3 is 2.25 bits per heavy atom. The van der Waals surface area contributed by atoms with Gasteiger partial charge < -0.3 is 9.84 Å². The molecule has 0 radical (unpaired) electrons. The van der Waals surface area contributed by atoms with Gasteiger partial charge in [0.15, 0.2) is 0 Å². The summed E-state index contributed by atoms with van der Waals surface area (Å²) in [4.78, 5) is 0. The molecule has 0 spiro atoms. The molecular formula is C6H12O2. The number of epoxide rings is 1. The van der Waals surface area contributed by atoms with Crippen molar-refractivity contribution in [1.82, 2.24) is 0 Å². The standard InChI is InChI=1S/C6H12O2/c1-6(2)5(8-6)3-4-7/h5,7H,3-4H2,1-2H3/t5-/m0/s1. The molecule has 0 aliphatic carbocycles. The fourth-order valence-corrected chi connectivity index (χ4v) is 0.856. The summed E-state index contributed by atoms with van der Waals surface area (Å²) in [7, 11) is 0. The average Bonchev–Trinajstić information content (AvgIpc) is 2.15. The van der Waals surface area contributed by atoms with Crippen LogP contribution < -0.4 is 0 Å². The summed E-state index contributed by atoms with van der Waals surface area (Å²) in [6.45, 7) is 4.31. The summed E-state index contributed by atoms with van der Waals surface area (Å²) < 4.78 is 5.18. The van der Waals surface area contributed by atoms with Gasteiger partial charge in [-0.1, -0.05) is 0 Å². The van der Waals surface area contributed by atoms with Crippen molar-refractivity contribution in [2.75, 3.05) is 6.61 Å². The van der Waals surface area contributed by atoms with Gasteiger partial charge in [0.1, 0.15) is 0 Å². The van der Waals surface area contributed by atoms with Crippen molar-refractivity contribution in [3.63, 3.8) is 0 Å². The van der Waals surface area contributed by atoms with Crippen molar-refractivity contribution >= 4 is 0 Å². The van der Waals surface area contributed by atoms with Crippen LogP contribution in [-0.2, 0) is 4.74 Å². The quantitative estimate of drug-likeness (QED) is 0.534. The van der Waals surface area contributed by atoms with Crippen LogP contribution in [0.5, 0.6) is 0 Å². The van der Waals surface area contributed by atoms with Crippen molar-refractivity contribution in [2.24, 2.45) is 0 Å². The molecule has 1 fully saturated rings. The molecule has 0 saturated carbocycles. The highest BCUT2D eigenvalue weighted by Gasteiger charge is 2.46. The van der Waals surface area contributed by atoms with Crippen molar-refractivity contribution in [3.8, 4) is 0 Å². The lowest BCUT2D eigenvalue weighted by Crippen LogP contribution is -2.03. The number of aliphatic hydroxyl groups excluding tert-OH is 1. The van der Waals surface area contributed by atoms with Gasteiger partial charge in [-0.05, 0) is 20.3 Å². The molecule has 0 aromatic carbocycles. The van der Waals surface area contributed by atoms with E-state index in [0.717, 1.165) is 6.42 Å². The first kappa shape index (κ1) is 6.05. The molecule has 0 aromatic rings. The number of rotatable bonds is 2. The molecule has 8 heavy (non-hydrogen) atoms. The molecule has 0 unspecified atom stereocenters. The van der Waals surface area contributed by atoms with E-state index in [1.807, 2.05) is 13.8 Å². The van der Waals surface area contributed by atoms with Crippen molar-refractivity contribution < 1.29 is 9.84 Å². The number of hydrogen-bond acceptors (Lipinski definition) is 2. The Labute approximate surface area is 49.5 Å². The van der Waals surface area contributed by atoms with E-state index in [9.17, 15) is 0 Å². The molecule has 1 aliphatic rings. The van der Waals surface area contributed by atoms with E-state index in [1.54, 1.807) is 0 Å². The van der Waals surface area contributed by atoms with E-state index >= 15 is 0 Å². The topological polar surface area (TPSA) is 32.8 Å². The molecular weight excluding hydrogens is 104 g/mol. The minimum absolute atomic E-state index is 0.0583. The highest BCUT2D eigenvalue weighted by molar-refractivity contribution is 4.94. The highest BCUT2D eigenvalue weighted by Crippen LogP contribution is 2.36. The maximum atomic E-state index is 8.43. The molecule has 1 heterocycles. The molecule has 0 bridgehead atoms. The fraction of sp³-hybridized carbons (Fsp3) is 1.00. The first-order valence-electron chi connectivity index (χ1n) is 2.95. The predicted octanol–water partition coefficient (Wildman–Crippen LogP) is 0.546. The molecule has 0 amide bonds. The second-order valence-electron chi connectivity index (χ2n) is 2.72. The molecule has 2 heteroatoms. The Balaban J connectivity index is 2.17. The van der Waals surface area contributed by atoms with Crippen LogP contribution in [0.15, 0.2) is 0 Å². The first-order chi connectivity index (χ1) is 3.67. The monoisotopic (exact) mass is 116 g/mol. The van der Waals surface area contributed by atoms with Crippen LogP contribution in [0.4, 0.5) is 0 Å². The molecule has 48 valence electrons. The number of ether oxygens (including phenoxy) is 1. The van der Waals surface area contributed by atoms with Crippen LogP contribution in [-0.4, -0.2) is 23.4 Å². The van der Waals surface area contributed by atoms with Crippen LogP contribution in [0.2, 0.25) is 0 Å². The van der Waals surface area contributed by atoms with Gasteiger partial charge in [-0.3, -0.25) is 0 Å². The second-order valence-corrected chi connectivity index (χ2v) is 2.72. The average molecular weight is 116 g/mol. The van der Waals surface area contributed by atoms with E-state index in [1.165, 1.54) is 0 Å². The summed E-state index contributed by atoms with van der Waals surface area (Å²) in [5, 5.41) is 8.43. The van der Waals surface area contributed by atoms with E-state index in [2.05, 4.69) is 0 Å². The first-order valence-corrected chi connectivity index (χ1v) is 2.95. The maximum Gasteiger partial charge on any atom is 0.0893 e. The zero-order chi connectivity index (χ0) is 6.20. The van der Waals surface area contributed by atoms with E-state index in [-0.39, 0.29) is 12.2 Å². The molecule has 1 rings (SSSR count). The van der Waals surface area contributed by atoms with E-state index in [0.29, 0.717) is 6.10 Å². The second kappa shape index (κ2) is 1.71. The van der Waals surface area contributed by atoms with Crippen LogP contribution in [0, 0.1) is 0 Å². The van der Waals surface area contributed by atoms with Gasteiger partial charge in [0.2, 0.25) is 0 Å². The normalized spacial score (nSPS) is 32.6. The van der Waals surface area contributed by atoms with Crippen LogP contribution in [0.3, 0.4) is 0 Å². The lowest BCUT2D eigenvalue weighted by atomic mass is 10.1. The Bertz CT molecular complexity index is 88.5. The molecule has 1 N–H and O–H groups in total. The number of aliphatic hydroxyl groups is 1. The summed E-state index contributed by atoms with van der Waals surface area (Å²) >= 11 is 0. The van der Waals surface area contributed by atoms with Gasteiger partial charge in [0, 0.05) is 6.61 Å². The zero-order valence-corrected chi connectivity index (χ0v) is 5.35. The highest BCUT2D eigenvalue weighted by atomic mass is 16.6. The Kier molecular flexibility index (Phi) is 1.29. The van der Waals surface area contributed by atoms with Crippen LogP contribution >= 0.6 is 0 Å². The summed E-state index contributed by atoms with van der Waals surface area (Å²) in [5.41, 5.74) is 0.0583. The van der Waals surface area contributed by atoms with Crippen molar-refractivity contribution in [2.45, 2.75) is 32.0 Å². The minimum atomic E-state index is 0.0583. The summed E-state index contributed by atoms with van der Waals surface area (Å²) in [6.07, 6.45) is 1.10. The zero-order valence-electron chi connectivity index (χ0n) is 5.35. The van der Waals surface area contributed by atoms with Crippen LogP contribution in [0.25, 0.3) is 0 Å². The number of hydrogen-bond donors (Lipinski definition) is 1. The van der Waals surface area contributed by atoms with Gasteiger partial charge in [0.05, 0.1) is 11.7 Å². The van der Waals surface area contributed by atoms with Gasteiger partial charge in [-0.2, -0.15) is 0 Å². The lowest BCUT2D eigenvalue weighted by molar-refractivity contribution is 0.259. The largest absolute Gasteiger partial charge is 0.396 e. The predicted molar refractivity (Wildman–Crippen MR) is 30.7 cm³/mol. The van der Waals surface area contributed by atoms with Gasteiger partial charge in [0.25, 0.3) is 0 Å². The summed E-state index contributed by atoms with van der Waals surface area (Å²) in [6, 6.07) is 0. The van der Waals surface area contributed by atoms with E-state index in [4.69, 9.17) is 9.84 Å². The van der Waals surface area contributed by atoms with Crippen LogP contribution in [0.1, 0.15) is 20.3 Å². The minimum Gasteiger partial charge on any atom is -0.396 e. The van der Waals surface area contributed by atoms with E-state index < -0.39 is 0 Å².